The van der Waals surface area contributed by atoms with Gasteiger partial charge in [0.25, 0.3) is 0 Å². The lowest BCUT2D eigenvalue weighted by Crippen LogP contribution is -2.38. The molecule has 0 amide bonds. The molecule has 17 heavy (non-hydrogen) atoms. The first-order valence-electron chi connectivity index (χ1n) is 6.25. The summed E-state index contributed by atoms with van der Waals surface area (Å²) in [6.07, 6.45) is 2.10. The molecule has 1 atom stereocenters. The second kappa shape index (κ2) is 4.79. The molecule has 1 nitrogen and oxygen atoms in total. The molecule has 1 aromatic heterocycles. The van der Waals surface area contributed by atoms with Crippen LogP contribution in [-0.4, -0.2) is 6.04 Å². The first-order chi connectivity index (χ1) is 8.04. The lowest BCUT2D eigenvalue weighted by atomic mass is 9.79. The van der Waals surface area contributed by atoms with Crippen LogP contribution in [-0.2, 0) is 6.42 Å². The van der Waals surface area contributed by atoms with Gasteiger partial charge in [-0.25, -0.2) is 0 Å². The molecule has 2 rings (SSSR count). The molecular weight excluding hydrogens is 226 g/mol. The summed E-state index contributed by atoms with van der Waals surface area (Å²) in [7, 11) is 0. The Bertz CT molecular complexity index is 498. The molecule has 92 valence electrons. The van der Waals surface area contributed by atoms with Gasteiger partial charge in [-0.1, -0.05) is 39.0 Å². The minimum Gasteiger partial charge on any atom is -0.327 e. The molecule has 0 aliphatic heterocycles. The molecule has 1 aromatic carbocycles. The Balaban J connectivity index is 2.24. The predicted octanol–water partition coefficient (Wildman–Crippen LogP) is 4.21. The molecule has 0 saturated heterocycles. The summed E-state index contributed by atoms with van der Waals surface area (Å²) in [5.41, 5.74) is 7.96. The van der Waals surface area contributed by atoms with E-state index in [2.05, 4.69) is 50.4 Å². The monoisotopic (exact) mass is 247 g/mol. The third kappa shape index (κ3) is 2.53. The fourth-order valence-corrected chi connectivity index (χ4v) is 2.94. The van der Waals surface area contributed by atoms with Gasteiger partial charge in [0, 0.05) is 10.7 Å². The molecule has 0 aliphatic carbocycles. The van der Waals surface area contributed by atoms with Crippen LogP contribution in [0.4, 0.5) is 0 Å². The zero-order valence-electron chi connectivity index (χ0n) is 10.9. The van der Waals surface area contributed by atoms with Gasteiger partial charge in [-0.3, -0.25) is 0 Å². The Morgan fingerprint density at radius 3 is 2.71 bits per heavy atom. The van der Waals surface area contributed by atoms with Gasteiger partial charge in [0.15, 0.2) is 0 Å². The van der Waals surface area contributed by atoms with Crippen LogP contribution < -0.4 is 5.73 Å². The summed E-state index contributed by atoms with van der Waals surface area (Å²) in [6.45, 7) is 6.73. The minimum atomic E-state index is 0.211. The molecule has 0 fully saturated rings. The van der Waals surface area contributed by atoms with Gasteiger partial charge in [0.05, 0.1) is 0 Å². The van der Waals surface area contributed by atoms with Crippen molar-refractivity contribution < 1.29 is 0 Å². The van der Waals surface area contributed by atoms with Crippen LogP contribution >= 0.6 is 11.3 Å². The zero-order chi connectivity index (χ0) is 12.5. The van der Waals surface area contributed by atoms with Crippen molar-refractivity contribution in [3.05, 3.63) is 35.2 Å². The van der Waals surface area contributed by atoms with E-state index >= 15 is 0 Å². The van der Waals surface area contributed by atoms with Crippen LogP contribution in [0.15, 0.2) is 29.6 Å². The van der Waals surface area contributed by atoms with E-state index in [1.54, 1.807) is 0 Å². The third-order valence-corrected chi connectivity index (χ3v) is 4.93. The number of hydrogen-bond acceptors (Lipinski definition) is 2. The summed E-state index contributed by atoms with van der Waals surface area (Å²) < 4.78 is 1.36. The highest BCUT2D eigenvalue weighted by atomic mass is 32.1. The van der Waals surface area contributed by atoms with Crippen LogP contribution in [0, 0.1) is 5.41 Å². The molecule has 0 spiro atoms. The Hall–Kier alpha value is -0.860. The SMILES string of the molecule is CCC(C)(C)C(N)Cc1csc2ccccc12. The van der Waals surface area contributed by atoms with Crippen LogP contribution in [0.1, 0.15) is 32.8 Å². The highest BCUT2D eigenvalue weighted by Gasteiger charge is 2.25. The minimum absolute atomic E-state index is 0.211. The molecule has 2 aromatic rings. The van der Waals surface area contributed by atoms with E-state index < -0.39 is 0 Å². The van der Waals surface area contributed by atoms with E-state index in [-0.39, 0.29) is 11.5 Å². The van der Waals surface area contributed by atoms with Crippen molar-refractivity contribution in [3.8, 4) is 0 Å². The maximum absolute atomic E-state index is 6.35. The Morgan fingerprint density at radius 2 is 2.00 bits per heavy atom. The zero-order valence-corrected chi connectivity index (χ0v) is 11.7. The van der Waals surface area contributed by atoms with Crippen LogP contribution in [0.3, 0.4) is 0 Å². The lowest BCUT2D eigenvalue weighted by molar-refractivity contribution is 0.273. The molecule has 1 unspecified atom stereocenters. The number of nitrogens with two attached hydrogens (primary N) is 1. The molecular formula is C15H21NS. The van der Waals surface area contributed by atoms with Gasteiger partial charge < -0.3 is 5.73 Å². The van der Waals surface area contributed by atoms with Crippen molar-refractivity contribution in [3.63, 3.8) is 0 Å². The second-order valence-electron chi connectivity index (χ2n) is 5.41. The van der Waals surface area contributed by atoms with E-state index in [1.807, 2.05) is 11.3 Å². The summed E-state index contributed by atoms with van der Waals surface area (Å²) in [5.74, 6) is 0. The molecule has 0 saturated carbocycles. The van der Waals surface area contributed by atoms with Crippen molar-refractivity contribution >= 4 is 21.4 Å². The van der Waals surface area contributed by atoms with Crippen molar-refractivity contribution in [1.29, 1.82) is 0 Å². The molecule has 2 N–H and O–H groups in total. The van der Waals surface area contributed by atoms with Gasteiger partial charge >= 0.3 is 0 Å². The van der Waals surface area contributed by atoms with Crippen LogP contribution in [0.5, 0.6) is 0 Å². The van der Waals surface area contributed by atoms with Crippen molar-refractivity contribution in [1.82, 2.24) is 0 Å². The van der Waals surface area contributed by atoms with E-state index in [1.165, 1.54) is 15.6 Å². The van der Waals surface area contributed by atoms with E-state index in [0.29, 0.717) is 0 Å². The predicted molar refractivity (Wildman–Crippen MR) is 77.6 cm³/mol. The van der Waals surface area contributed by atoms with Crippen LogP contribution in [0.25, 0.3) is 10.1 Å². The smallest absolute Gasteiger partial charge is 0.0345 e. The number of rotatable bonds is 4. The molecule has 0 bridgehead atoms. The van der Waals surface area contributed by atoms with E-state index in [9.17, 15) is 0 Å². The van der Waals surface area contributed by atoms with Gasteiger partial charge in [-0.05, 0) is 40.7 Å². The summed E-state index contributed by atoms with van der Waals surface area (Å²) in [5, 5.41) is 3.64. The van der Waals surface area contributed by atoms with Gasteiger partial charge in [0.1, 0.15) is 0 Å². The second-order valence-corrected chi connectivity index (χ2v) is 6.32. The first-order valence-corrected chi connectivity index (χ1v) is 7.13. The highest BCUT2D eigenvalue weighted by Crippen LogP contribution is 2.30. The van der Waals surface area contributed by atoms with Crippen molar-refractivity contribution in [2.24, 2.45) is 11.1 Å². The Morgan fingerprint density at radius 1 is 1.29 bits per heavy atom. The van der Waals surface area contributed by atoms with E-state index in [4.69, 9.17) is 5.73 Å². The Kier molecular flexibility index (Phi) is 3.55. The third-order valence-electron chi connectivity index (χ3n) is 3.92. The maximum Gasteiger partial charge on any atom is 0.0345 e. The first kappa shape index (κ1) is 12.6. The topological polar surface area (TPSA) is 26.0 Å². The largest absolute Gasteiger partial charge is 0.327 e. The summed E-state index contributed by atoms with van der Waals surface area (Å²) >= 11 is 1.82. The van der Waals surface area contributed by atoms with Gasteiger partial charge in [-0.15, -0.1) is 11.3 Å². The number of hydrogen-bond donors (Lipinski definition) is 1. The fourth-order valence-electron chi connectivity index (χ4n) is 1.97. The summed E-state index contributed by atoms with van der Waals surface area (Å²) in [4.78, 5) is 0. The molecule has 0 radical (unpaired) electrons. The highest BCUT2D eigenvalue weighted by molar-refractivity contribution is 7.17. The average Bonchev–Trinajstić information content (AvgIpc) is 2.73. The van der Waals surface area contributed by atoms with Crippen molar-refractivity contribution in [2.75, 3.05) is 0 Å². The van der Waals surface area contributed by atoms with Crippen LogP contribution in [0.2, 0.25) is 0 Å². The molecule has 2 heteroatoms. The van der Waals surface area contributed by atoms with Crippen molar-refractivity contribution in [2.45, 2.75) is 39.7 Å². The molecule has 0 aliphatic rings. The molecule has 1 heterocycles. The normalized spacial score (nSPS) is 14.1. The number of thiophene rings is 1. The lowest BCUT2D eigenvalue weighted by Gasteiger charge is -2.30. The van der Waals surface area contributed by atoms with Gasteiger partial charge in [-0.2, -0.15) is 0 Å². The van der Waals surface area contributed by atoms with E-state index in [0.717, 1.165) is 12.8 Å². The maximum atomic E-state index is 6.35. The average molecular weight is 247 g/mol. The summed E-state index contributed by atoms with van der Waals surface area (Å²) in [6, 6.07) is 8.81. The Labute approximate surface area is 108 Å². The number of fused-ring (bicyclic) bond motifs is 1. The van der Waals surface area contributed by atoms with Gasteiger partial charge in [0.2, 0.25) is 0 Å². The standard InChI is InChI=1S/C15H21NS/c1-4-15(2,3)14(16)9-11-10-17-13-8-6-5-7-12(11)13/h5-8,10,14H,4,9,16H2,1-3H3. The quantitative estimate of drug-likeness (QED) is 0.860. The number of benzene rings is 1. The fraction of sp³-hybridized carbons (Fsp3) is 0.467.